The number of ketones is 2. The Balaban J connectivity index is 1.77. The van der Waals surface area contributed by atoms with E-state index < -0.39 is 39.5 Å². The van der Waals surface area contributed by atoms with Gasteiger partial charge in [-0.2, -0.15) is 0 Å². The average molecular weight is 663 g/mol. The standard InChI is InChI=1S/C39H58O5Si2/c1-24-20-29(28-23-27(43-45(10,11)36(2,3)4)16-17-31(28)44-46(12,13)37(5,6)7)39(19-18-38(8,9)42)30(21-24)34(40)32-25-14-15-26(22-25)33(32)35(39)41/h14-20,23,25-26,29-30,32-33,42H,21-22H2,1-13H3/b19-18+/t25-,26+,29+,30+,32-,33+,39+/m1/s1. The summed E-state index contributed by atoms with van der Waals surface area (Å²) < 4.78 is 14.0. The number of fused-ring (bicyclic) bond motifs is 6. The van der Waals surface area contributed by atoms with E-state index in [2.05, 4.69) is 98.9 Å². The zero-order valence-corrected chi connectivity index (χ0v) is 32.6. The second-order valence-electron chi connectivity index (χ2n) is 18.4. The predicted octanol–water partition coefficient (Wildman–Crippen LogP) is 9.41. The van der Waals surface area contributed by atoms with Crippen LogP contribution < -0.4 is 8.85 Å². The molecule has 0 heterocycles. The van der Waals surface area contributed by atoms with Crippen molar-refractivity contribution in [2.45, 2.75) is 123 Å². The topological polar surface area (TPSA) is 72.8 Å². The van der Waals surface area contributed by atoms with Gasteiger partial charge < -0.3 is 14.0 Å². The number of rotatable bonds is 7. The quantitative estimate of drug-likeness (QED) is 0.233. The van der Waals surface area contributed by atoms with Gasteiger partial charge in [0.15, 0.2) is 0 Å². The molecule has 2 bridgehead atoms. The summed E-state index contributed by atoms with van der Waals surface area (Å²) >= 11 is 0. The van der Waals surface area contributed by atoms with Crippen molar-refractivity contribution in [1.29, 1.82) is 0 Å². The first-order valence-electron chi connectivity index (χ1n) is 17.3. The number of hydrogen-bond acceptors (Lipinski definition) is 5. The molecule has 2 fully saturated rings. The van der Waals surface area contributed by atoms with Crippen LogP contribution in [0.15, 0.2) is 54.2 Å². The zero-order valence-electron chi connectivity index (χ0n) is 30.6. The van der Waals surface area contributed by atoms with Gasteiger partial charge in [0.1, 0.15) is 23.1 Å². The molecule has 0 spiro atoms. The highest BCUT2D eigenvalue weighted by molar-refractivity contribution is 6.75. The van der Waals surface area contributed by atoms with E-state index in [-0.39, 0.29) is 45.3 Å². The summed E-state index contributed by atoms with van der Waals surface area (Å²) in [5, 5.41) is 10.9. The lowest BCUT2D eigenvalue weighted by molar-refractivity contribution is -0.154. The average Bonchev–Trinajstić information content (AvgIpc) is 3.52. The van der Waals surface area contributed by atoms with Gasteiger partial charge in [0.25, 0.3) is 0 Å². The molecule has 5 rings (SSSR count). The summed E-state index contributed by atoms with van der Waals surface area (Å²) in [6.45, 7) is 27.9. The molecule has 0 saturated heterocycles. The largest absolute Gasteiger partial charge is 0.543 e. The Morgan fingerprint density at radius 1 is 0.870 bits per heavy atom. The maximum atomic E-state index is 15.3. The third kappa shape index (κ3) is 5.87. The van der Waals surface area contributed by atoms with Gasteiger partial charge in [-0.05, 0) is 99.9 Å². The summed E-state index contributed by atoms with van der Waals surface area (Å²) in [6.07, 6.45) is 11.6. The maximum absolute atomic E-state index is 15.3. The van der Waals surface area contributed by atoms with Crippen LogP contribution in [0.5, 0.6) is 11.5 Å². The van der Waals surface area contributed by atoms with Crippen LogP contribution in [0, 0.1) is 35.0 Å². The van der Waals surface area contributed by atoms with E-state index in [1.54, 1.807) is 19.9 Å². The summed E-state index contributed by atoms with van der Waals surface area (Å²) in [4.78, 5) is 30.0. The molecule has 0 aliphatic heterocycles. The van der Waals surface area contributed by atoms with Crippen molar-refractivity contribution < 1.29 is 23.5 Å². The smallest absolute Gasteiger partial charge is 0.250 e. The van der Waals surface area contributed by atoms with Crippen molar-refractivity contribution >= 4 is 28.2 Å². The van der Waals surface area contributed by atoms with Crippen LogP contribution in [0.1, 0.15) is 86.6 Å². The van der Waals surface area contributed by atoms with Crippen molar-refractivity contribution in [1.82, 2.24) is 0 Å². The Kier molecular flexibility index (Phi) is 8.52. The van der Waals surface area contributed by atoms with E-state index in [9.17, 15) is 9.90 Å². The molecule has 0 amide bonds. The Morgan fingerprint density at radius 2 is 1.43 bits per heavy atom. The fraction of sp³-hybridized carbons (Fsp3) is 0.641. The minimum absolute atomic E-state index is 0.00262. The van der Waals surface area contributed by atoms with Gasteiger partial charge in [0, 0.05) is 29.2 Å². The van der Waals surface area contributed by atoms with E-state index >= 15 is 4.79 Å². The second-order valence-corrected chi connectivity index (χ2v) is 27.8. The van der Waals surface area contributed by atoms with Gasteiger partial charge in [-0.15, -0.1) is 0 Å². The van der Waals surface area contributed by atoms with Crippen LogP contribution in [0.4, 0.5) is 0 Å². The predicted molar refractivity (Wildman–Crippen MR) is 192 cm³/mol. The number of benzene rings is 1. The molecule has 2 saturated carbocycles. The molecule has 4 aliphatic carbocycles. The van der Waals surface area contributed by atoms with Crippen LogP contribution in [-0.2, 0) is 9.59 Å². The molecule has 1 aromatic rings. The van der Waals surface area contributed by atoms with Gasteiger partial charge in [-0.3, -0.25) is 9.59 Å². The number of aliphatic hydroxyl groups is 1. The van der Waals surface area contributed by atoms with Crippen LogP contribution in [-0.4, -0.2) is 38.9 Å². The summed E-state index contributed by atoms with van der Waals surface area (Å²) in [5.74, 6) is 0.567. The molecule has 7 heteroatoms. The number of Topliss-reactive ketones (excluding diaryl/α,β-unsaturated/α-hetero) is 2. The Bertz CT molecular complexity index is 1500. The Morgan fingerprint density at radius 3 is 2.00 bits per heavy atom. The SMILES string of the molecule is CC1=C[C@@H](c2cc(O[Si](C)(C)C(C)(C)C)ccc2O[Si](C)(C)C(C)(C)C)[C@]2(/C=C/C(C)(C)O)C(=O)[C@@H]3[C@H](C(=O)[C@@H]2C1)[C@@H]1C=C[C@H]3C1. The van der Waals surface area contributed by atoms with E-state index in [0.29, 0.717) is 6.42 Å². The lowest BCUT2D eigenvalue weighted by Crippen LogP contribution is -2.58. The molecule has 46 heavy (non-hydrogen) atoms. The Labute approximate surface area is 280 Å². The monoisotopic (exact) mass is 662 g/mol. The lowest BCUT2D eigenvalue weighted by atomic mass is 9.48. The van der Waals surface area contributed by atoms with Crippen molar-refractivity contribution in [3.8, 4) is 11.5 Å². The summed E-state index contributed by atoms with van der Waals surface area (Å²) in [6, 6.07) is 6.16. The summed E-state index contributed by atoms with van der Waals surface area (Å²) in [5.41, 5.74) is -0.293. The third-order valence-electron chi connectivity index (χ3n) is 12.4. The highest BCUT2D eigenvalue weighted by Gasteiger charge is 2.67. The fourth-order valence-electron chi connectivity index (χ4n) is 7.74. The molecule has 0 aromatic heterocycles. The number of allylic oxidation sites excluding steroid dienone is 5. The van der Waals surface area contributed by atoms with Crippen LogP contribution in [0.25, 0.3) is 0 Å². The molecular formula is C39H58O5Si2. The van der Waals surface area contributed by atoms with Crippen molar-refractivity contribution in [3.63, 3.8) is 0 Å². The number of carbonyl (C=O) groups excluding carboxylic acids is 2. The molecule has 1 aromatic carbocycles. The molecular weight excluding hydrogens is 605 g/mol. The molecule has 7 atom stereocenters. The van der Waals surface area contributed by atoms with Crippen LogP contribution >= 0.6 is 0 Å². The highest BCUT2D eigenvalue weighted by atomic mass is 28.4. The normalized spacial score (nSPS) is 31.7. The second kappa shape index (κ2) is 11.2. The van der Waals surface area contributed by atoms with Gasteiger partial charge in [0.2, 0.25) is 16.6 Å². The van der Waals surface area contributed by atoms with Crippen LogP contribution in [0.2, 0.25) is 36.3 Å². The molecule has 4 aliphatic rings. The molecule has 0 radical (unpaired) electrons. The number of carbonyl (C=O) groups is 2. The first-order valence-corrected chi connectivity index (χ1v) is 23.1. The number of hydrogen-bond donors (Lipinski definition) is 1. The van der Waals surface area contributed by atoms with E-state index in [0.717, 1.165) is 29.1 Å². The van der Waals surface area contributed by atoms with Crippen LogP contribution in [0.3, 0.4) is 0 Å². The summed E-state index contributed by atoms with van der Waals surface area (Å²) in [7, 11) is -4.50. The third-order valence-corrected chi connectivity index (χ3v) is 21.1. The van der Waals surface area contributed by atoms with Gasteiger partial charge >= 0.3 is 0 Å². The highest BCUT2D eigenvalue weighted by Crippen LogP contribution is 2.64. The minimum atomic E-state index is -2.30. The van der Waals surface area contributed by atoms with Gasteiger partial charge in [-0.25, -0.2) is 0 Å². The molecule has 1 N–H and O–H groups in total. The Hall–Kier alpha value is -2.23. The first-order chi connectivity index (χ1) is 20.9. The van der Waals surface area contributed by atoms with Crippen molar-refractivity contribution in [3.05, 3.63) is 59.7 Å². The maximum Gasteiger partial charge on any atom is 0.250 e. The van der Waals surface area contributed by atoms with E-state index in [4.69, 9.17) is 8.85 Å². The fourth-order valence-corrected chi connectivity index (χ4v) is 9.80. The molecule has 0 unspecified atom stereocenters. The minimum Gasteiger partial charge on any atom is -0.543 e. The van der Waals surface area contributed by atoms with E-state index in [1.807, 2.05) is 18.2 Å². The zero-order chi connectivity index (χ0) is 34.4. The molecule has 252 valence electrons. The van der Waals surface area contributed by atoms with Crippen molar-refractivity contribution in [2.24, 2.45) is 35.0 Å². The van der Waals surface area contributed by atoms with Gasteiger partial charge in [0.05, 0.1) is 11.0 Å². The van der Waals surface area contributed by atoms with E-state index in [1.165, 1.54) is 0 Å². The molecule has 5 nitrogen and oxygen atoms in total. The van der Waals surface area contributed by atoms with Gasteiger partial charge in [-0.1, -0.05) is 77.5 Å². The van der Waals surface area contributed by atoms with Crippen molar-refractivity contribution in [2.75, 3.05) is 0 Å². The lowest BCUT2D eigenvalue weighted by Gasteiger charge is -2.53. The first kappa shape index (κ1) is 35.1.